The van der Waals surface area contributed by atoms with Gasteiger partial charge < -0.3 is 13.9 Å². The molecule has 1 aliphatic rings. The Morgan fingerprint density at radius 3 is 2.59 bits per heavy atom. The van der Waals surface area contributed by atoms with Gasteiger partial charge in [-0.3, -0.25) is 0 Å². The summed E-state index contributed by atoms with van der Waals surface area (Å²) in [6, 6.07) is 16.2. The van der Waals surface area contributed by atoms with E-state index in [1.165, 1.54) is 0 Å². The van der Waals surface area contributed by atoms with Crippen LogP contribution in [0.3, 0.4) is 0 Å². The standard InChI is InChI=1S/C23H16Cl2O4/c1-2-27-16-8-6-14(7-9-16)21-13-15(23(26)29-21)12-17-10-11-20(28-17)18-4-3-5-19(24)22(18)25/h3-13H,2H2,1H3. The van der Waals surface area contributed by atoms with Crippen molar-refractivity contribution in [2.24, 2.45) is 0 Å². The zero-order valence-corrected chi connectivity index (χ0v) is 17.0. The van der Waals surface area contributed by atoms with Gasteiger partial charge in [0.05, 0.1) is 22.2 Å². The van der Waals surface area contributed by atoms with Crippen LogP contribution in [0.25, 0.3) is 23.2 Å². The number of carbonyl (C=O) groups excluding carboxylic acids is 1. The first-order valence-corrected chi connectivity index (χ1v) is 9.74. The molecule has 2 heterocycles. The predicted molar refractivity (Wildman–Crippen MR) is 114 cm³/mol. The van der Waals surface area contributed by atoms with Crippen LogP contribution in [0.15, 0.2) is 70.7 Å². The Hall–Kier alpha value is -2.95. The maximum absolute atomic E-state index is 12.3. The minimum atomic E-state index is -0.437. The van der Waals surface area contributed by atoms with Gasteiger partial charge in [0, 0.05) is 11.1 Å². The Bertz CT molecular complexity index is 1120. The third kappa shape index (κ3) is 4.09. The molecule has 0 radical (unpaired) electrons. The normalized spacial score (nSPS) is 14.8. The van der Waals surface area contributed by atoms with Gasteiger partial charge in [-0.05, 0) is 67.6 Å². The molecule has 0 N–H and O–H groups in total. The van der Waals surface area contributed by atoms with Crippen LogP contribution >= 0.6 is 23.2 Å². The predicted octanol–water partition coefficient (Wildman–Crippen LogP) is 6.63. The molecule has 0 saturated carbocycles. The average Bonchev–Trinajstić information content (AvgIpc) is 3.32. The van der Waals surface area contributed by atoms with Crippen molar-refractivity contribution in [2.75, 3.05) is 6.61 Å². The summed E-state index contributed by atoms with van der Waals surface area (Å²) < 4.78 is 16.6. The molecule has 0 spiro atoms. The van der Waals surface area contributed by atoms with E-state index in [-0.39, 0.29) is 0 Å². The molecule has 6 heteroatoms. The van der Waals surface area contributed by atoms with Crippen molar-refractivity contribution < 1.29 is 18.7 Å². The summed E-state index contributed by atoms with van der Waals surface area (Å²) in [5.41, 5.74) is 1.87. The summed E-state index contributed by atoms with van der Waals surface area (Å²) in [5.74, 6) is 1.87. The number of benzene rings is 2. The molecule has 4 nitrogen and oxygen atoms in total. The Morgan fingerprint density at radius 2 is 1.83 bits per heavy atom. The number of hydrogen-bond donors (Lipinski definition) is 0. The van der Waals surface area contributed by atoms with Gasteiger partial charge in [-0.2, -0.15) is 0 Å². The number of furan rings is 1. The van der Waals surface area contributed by atoms with Crippen molar-refractivity contribution in [1.82, 2.24) is 0 Å². The highest BCUT2D eigenvalue weighted by Gasteiger charge is 2.22. The minimum Gasteiger partial charge on any atom is -0.494 e. The van der Waals surface area contributed by atoms with Gasteiger partial charge >= 0.3 is 5.97 Å². The quantitative estimate of drug-likeness (QED) is 0.339. The lowest BCUT2D eigenvalue weighted by Crippen LogP contribution is -1.97. The number of carbonyl (C=O) groups is 1. The van der Waals surface area contributed by atoms with Crippen LogP contribution in [0.5, 0.6) is 5.75 Å². The molecule has 3 aromatic rings. The van der Waals surface area contributed by atoms with E-state index >= 15 is 0 Å². The van der Waals surface area contributed by atoms with Gasteiger partial charge in [-0.1, -0.05) is 29.3 Å². The summed E-state index contributed by atoms with van der Waals surface area (Å²) >= 11 is 12.3. The van der Waals surface area contributed by atoms with Gasteiger partial charge in [0.25, 0.3) is 0 Å². The van der Waals surface area contributed by atoms with Crippen molar-refractivity contribution in [3.8, 4) is 17.1 Å². The Kier molecular flexibility index (Phi) is 5.47. The number of esters is 1. The first-order valence-electron chi connectivity index (χ1n) is 8.98. The number of ether oxygens (including phenoxy) is 2. The summed E-state index contributed by atoms with van der Waals surface area (Å²) in [4.78, 5) is 12.3. The van der Waals surface area contributed by atoms with Crippen LogP contribution in [0.2, 0.25) is 10.0 Å². The maximum atomic E-state index is 12.3. The van der Waals surface area contributed by atoms with Crippen molar-refractivity contribution in [3.05, 3.63) is 87.6 Å². The van der Waals surface area contributed by atoms with Crippen molar-refractivity contribution in [3.63, 3.8) is 0 Å². The van der Waals surface area contributed by atoms with Crippen LogP contribution in [0.4, 0.5) is 0 Å². The monoisotopic (exact) mass is 426 g/mol. The first-order chi connectivity index (χ1) is 14.0. The van der Waals surface area contributed by atoms with E-state index in [0.29, 0.717) is 45.1 Å². The number of cyclic esters (lactones) is 1. The molecule has 29 heavy (non-hydrogen) atoms. The fourth-order valence-corrected chi connectivity index (χ4v) is 3.33. The second-order valence-electron chi connectivity index (χ2n) is 6.26. The van der Waals surface area contributed by atoms with Gasteiger partial charge in [0.2, 0.25) is 0 Å². The highest BCUT2D eigenvalue weighted by Crippen LogP contribution is 2.35. The van der Waals surface area contributed by atoms with Crippen molar-refractivity contribution >= 4 is 41.0 Å². The zero-order chi connectivity index (χ0) is 20.4. The van der Waals surface area contributed by atoms with E-state index in [1.807, 2.05) is 37.3 Å². The van der Waals surface area contributed by atoms with E-state index < -0.39 is 5.97 Å². The van der Waals surface area contributed by atoms with Gasteiger partial charge in [0.15, 0.2) is 0 Å². The molecule has 1 aliphatic heterocycles. The first kappa shape index (κ1) is 19.4. The van der Waals surface area contributed by atoms with Crippen molar-refractivity contribution in [2.45, 2.75) is 6.92 Å². The molecule has 0 bridgehead atoms. The summed E-state index contributed by atoms with van der Waals surface area (Å²) in [7, 11) is 0. The smallest absolute Gasteiger partial charge is 0.343 e. The molecular formula is C23H16Cl2O4. The summed E-state index contributed by atoms with van der Waals surface area (Å²) in [6.07, 6.45) is 3.32. The fraction of sp³-hybridized carbons (Fsp3) is 0.0870. The molecular weight excluding hydrogens is 411 g/mol. The summed E-state index contributed by atoms with van der Waals surface area (Å²) in [5, 5.41) is 0.864. The SMILES string of the molecule is CCOc1ccc(C2=CC(=Cc3ccc(-c4cccc(Cl)c4Cl)o3)C(=O)O2)cc1. The number of hydrogen-bond acceptors (Lipinski definition) is 4. The lowest BCUT2D eigenvalue weighted by Gasteiger charge is -2.05. The third-order valence-electron chi connectivity index (χ3n) is 4.32. The molecule has 2 aromatic carbocycles. The van der Waals surface area contributed by atoms with Crippen LogP contribution < -0.4 is 4.74 Å². The number of rotatable bonds is 5. The third-order valence-corrected chi connectivity index (χ3v) is 5.14. The molecule has 0 atom stereocenters. The van der Waals surface area contributed by atoms with E-state index in [2.05, 4.69) is 0 Å². The highest BCUT2D eigenvalue weighted by molar-refractivity contribution is 6.43. The van der Waals surface area contributed by atoms with Crippen molar-refractivity contribution in [1.29, 1.82) is 0 Å². The van der Waals surface area contributed by atoms with Crippen LogP contribution in [-0.4, -0.2) is 12.6 Å². The van der Waals surface area contributed by atoms with Crippen LogP contribution in [0.1, 0.15) is 18.2 Å². The van der Waals surface area contributed by atoms with E-state index in [4.69, 9.17) is 37.1 Å². The molecule has 146 valence electrons. The Balaban J connectivity index is 1.59. The molecule has 0 aliphatic carbocycles. The van der Waals surface area contributed by atoms with Gasteiger partial charge in [-0.15, -0.1) is 0 Å². The fourth-order valence-electron chi connectivity index (χ4n) is 2.94. The number of halogens is 2. The molecule has 0 amide bonds. The topological polar surface area (TPSA) is 48.7 Å². The molecule has 0 fully saturated rings. The van der Waals surface area contributed by atoms with E-state index in [0.717, 1.165) is 11.3 Å². The zero-order valence-electron chi connectivity index (χ0n) is 15.4. The lowest BCUT2D eigenvalue weighted by molar-refractivity contribution is -0.130. The molecule has 1 aromatic heterocycles. The largest absolute Gasteiger partial charge is 0.494 e. The van der Waals surface area contributed by atoms with Crippen LogP contribution in [0, 0.1) is 0 Å². The maximum Gasteiger partial charge on any atom is 0.343 e. The minimum absolute atomic E-state index is 0.395. The molecule has 0 saturated heterocycles. The Labute approximate surface area is 178 Å². The average molecular weight is 427 g/mol. The second-order valence-corrected chi connectivity index (χ2v) is 7.04. The second kappa shape index (κ2) is 8.19. The van der Waals surface area contributed by atoms with Crippen LogP contribution in [-0.2, 0) is 9.53 Å². The molecule has 4 rings (SSSR count). The van der Waals surface area contributed by atoms with Gasteiger partial charge in [-0.25, -0.2) is 4.79 Å². The van der Waals surface area contributed by atoms with E-state index in [9.17, 15) is 4.79 Å². The highest BCUT2D eigenvalue weighted by atomic mass is 35.5. The van der Waals surface area contributed by atoms with E-state index in [1.54, 1.807) is 36.4 Å². The molecule has 0 unspecified atom stereocenters. The summed E-state index contributed by atoms with van der Waals surface area (Å²) in [6.45, 7) is 2.52. The van der Waals surface area contributed by atoms with Gasteiger partial charge in [0.1, 0.15) is 23.0 Å². The Morgan fingerprint density at radius 1 is 1.03 bits per heavy atom. The lowest BCUT2D eigenvalue weighted by atomic mass is 10.1.